The molecule has 1 aromatic heterocycles. The highest BCUT2D eigenvalue weighted by molar-refractivity contribution is 5.75. The Morgan fingerprint density at radius 2 is 2.56 bits per heavy atom. The molecule has 1 amide bonds. The minimum absolute atomic E-state index is 0.00364. The number of aromatic nitrogens is 3. The fourth-order valence-electron chi connectivity index (χ4n) is 1.87. The van der Waals surface area contributed by atoms with Crippen molar-refractivity contribution in [1.82, 2.24) is 25.4 Å². The molecule has 16 heavy (non-hydrogen) atoms. The molecule has 1 aliphatic heterocycles. The number of hydrogen-bond acceptors (Lipinski definition) is 4. The maximum atomic E-state index is 11.5. The summed E-state index contributed by atoms with van der Waals surface area (Å²) in [7, 11) is 0. The van der Waals surface area contributed by atoms with Crippen LogP contribution in [0.15, 0.2) is 12.7 Å². The summed E-state index contributed by atoms with van der Waals surface area (Å²) in [6.45, 7) is 3.10. The van der Waals surface area contributed by atoms with Gasteiger partial charge in [0.05, 0.1) is 0 Å². The normalized spacial score (nSPS) is 20.6. The lowest BCUT2D eigenvalue weighted by Gasteiger charge is -2.22. The second kappa shape index (κ2) is 5.60. The number of nitrogens with zero attached hydrogens (tertiary/aromatic N) is 3. The molecule has 2 N–H and O–H groups in total. The van der Waals surface area contributed by atoms with Crippen molar-refractivity contribution < 1.29 is 4.79 Å². The highest BCUT2D eigenvalue weighted by Crippen LogP contribution is 2.07. The fraction of sp³-hybridized carbons (Fsp3) is 0.700. The lowest BCUT2D eigenvalue weighted by atomic mass is 10.00. The molecular formula is C10H17N5O. The van der Waals surface area contributed by atoms with Gasteiger partial charge < -0.3 is 10.6 Å². The topological polar surface area (TPSA) is 71.8 Å². The number of rotatable bonds is 4. The Labute approximate surface area is 94.4 Å². The molecule has 0 aliphatic carbocycles. The van der Waals surface area contributed by atoms with Gasteiger partial charge >= 0.3 is 0 Å². The van der Waals surface area contributed by atoms with E-state index in [9.17, 15) is 4.79 Å². The molecule has 1 atom stereocenters. The number of carbonyl (C=O) groups is 1. The van der Waals surface area contributed by atoms with E-state index in [1.54, 1.807) is 6.33 Å². The summed E-state index contributed by atoms with van der Waals surface area (Å²) in [5, 5.41) is 10.1. The summed E-state index contributed by atoms with van der Waals surface area (Å²) in [5.41, 5.74) is 0. The molecule has 1 aliphatic rings. The van der Waals surface area contributed by atoms with E-state index in [2.05, 4.69) is 20.7 Å². The molecule has 0 saturated carbocycles. The predicted octanol–water partition coefficient (Wildman–Crippen LogP) is -0.606. The molecule has 88 valence electrons. The van der Waals surface area contributed by atoms with E-state index < -0.39 is 0 Å². The average molecular weight is 223 g/mol. The molecule has 2 heterocycles. The van der Waals surface area contributed by atoms with Crippen LogP contribution >= 0.6 is 0 Å². The van der Waals surface area contributed by atoms with Gasteiger partial charge in [0, 0.05) is 6.54 Å². The first-order chi connectivity index (χ1) is 7.84. The number of amides is 1. The van der Waals surface area contributed by atoms with Crippen molar-refractivity contribution in [1.29, 1.82) is 0 Å². The van der Waals surface area contributed by atoms with Gasteiger partial charge in [0.25, 0.3) is 0 Å². The average Bonchev–Trinajstić information content (AvgIpc) is 2.81. The van der Waals surface area contributed by atoms with Crippen molar-refractivity contribution in [2.45, 2.75) is 19.4 Å². The SMILES string of the molecule is O=C(Cn1cncn1)NCC1CCCNC1. The minimum Gasteiger partial charge on any atom is -0.354 e. The zero-order valence-corrected chi connectivity index (χ0v) is 9.22. The molecule has 1 aromatic rings. The van der Waals surface area contributed by atoms with Crippen LogP contribution in [0, 0.1) is 5.92 Å². The highest BCUT2D eigenvalue weighted by Gasteiger charge is 2.13. The summed E-state index contributed by atoms with van der Waals surface area (Å²) in [6.07, 6.45) is 5.36. The third kappa shape index (κ3) is 3.30. The van der Waals surface area contributed by atoms with Gasteiger partial charge in [0.2, 0.25) is 5.91 Å². The summed E-state index contributed by atoms with van der Waals surface area (Å²) in [4.78, 5) is 15.3. The lowest BCUT2D eigenvalue weighted by Crippen LogP contribution is -2.39. The van der Waals surface area contributed by atoms with Gasteiger partial charge in [0.1, 0.15) is 19.2 Å². The lowest BCUT2D eigenvalue weighted by molar-refractivity contribution is -0.122. The second-order valence-corrected chi connectivity index (χ2v) is 4.11. The Bertz CT molecular complexity index is 318. The molecule has 2 rings (SSSR count). The molecule has 0 aromatic carbocycles. The molecule has 6 heteroatoms. The Kier molecular flexibility index (Phi) is 3.87. The Hall–Kier alpha value is -1.43. The van der Waals surface area contributed by atoms with Crippen LogP contribution in [-0.2, 0) is 11.3 Å². The molecule has 0 radical (unpaired) electrons. The van der Waals surface area contributed by atoms with Crippen LogP contribution in [-0.4, -0.2) is 40.3 Å². The predicted molar refractivity (Wildman–Crippen MR) is 58.6 cm³/mol. The van der Waals surface area contributed by atoms with E-state index >= 15 is 0 Å². The van der Waals surface area contributed by atoms with E-state index in [4.69, 9.17) is 0 Å². The van der Waals surface area contributed by atoms with Crippen molar-refractivity contribution in [2.75, 3.05) is 19.6 Å². The van der Waals surface area contributed by atoms with E-state index in [1.165, 1.54) is 23.9 Å². The van der Waals surface area contributed by atoms with E-state index in [-0.39, 0.29) is 12.5 Å². The zero-order chi connectivity index (χ0) is 11.2. The van der Waals surface area contributed by atoms with Gasteiger partial charge in [-0.25, -0.2) is 9.67 Å². The first-order valence-electron chi connectivity index (χ1n) is 5.64. The van der Waals surface area contributed by atoms with Crippen LogP contribution in [0.5, 0.6) is 0 Å². The summed E-state index contributed by atoms with van der Waals surface area (Å²) >= 11 is 0. The minimum atomic E-state index is -0.00364. The zero-order valence-electron chi connectivity index (χ0n) is 9.22. The van der Waals surface area contributed by atoms with Crippen LogP contribution in [0.4, 0.5) is 0 Å². The summed E-state index contributed by atoms with van der Waals surface area (Å²) < 4.78 is 1.52. The van der Waals surface area contributed by atoms with Crippen LogP contribution in [0.1, 0.15) is 12.8 Å². The largest absolute Gasteiger partial charge is 0.354 e. The van der Waals surface area contributed by atoms with Crippen LogP contribution in [0.25, 0.3) is 0 Å². The van der Waals surface area contributed by atoms with Crippen LogP contribution in [0.3, 0.4) is 0 Å². The molecular weight excluding hydrogens is 206 g/mol. The smallest absolute Gasteiger partial charge is 0.241 e. The Balaban J connectivity index is 1.67. The number of piperidine rings is 1. The third-order valence-corrected chi connectivity index (χ3v) is 2.76. The first-order valence-corrected chi connectivity index (χ1v) is 5.64. The van der Waals surface area contributed by atoms with Gasteiger partial charge in [-0.05, 0) is 31.8 Å². The van der Waals surface area contributed by atoms with Gasteiger partial charge in [0.15, 0.2) is 0 Å². The van der Waals surface area contributed by atoms with Crippen molar-refractivity contribution in [3.8, 4) is 0 Å². The van der Waals surface area contributed by atoms with E-state index in [0.717, 1.165) is 19.6 Å². The summed E-state index contributed by atoms with van der Waals surface area (Å²) in [6, 6.07) is 0. The maximum Gasteiger partial charge on any atom is 0.241 e. The number of hydrogen-bond donors (Lipinski definition) is 2. The van der Waals surface area contributed by atoms with Crippen molar-refractivity contribution in [3.05, 3.63) is 12.7 Å². The van der Waals surface area contributed by atoms with Crippen molar-refractivity contribution in [2.24, 2.45) is 5.92 Å². The monoisotopic (exact) mass is 223 g/mol. The van der Waals surface area contributed by atoms with E-state index in [0.29, 0.717) is 5.92 Å². The number of carbonyl (C=O) groups excluding carboxylic acids is 1. The van der Waals surface area contributed by atoms with Gasteiger partial charge in [-0.1, -0.05) is 0 Å². The number of nitrogens with one attached hydrogen (secondary N) is 2. The quantitative estimate of drug-likeness (QED) is 0.714. The van der Waals surface area contributed by atoms with Crippen molar-refractivity contribution >= 4 is 5.91 Å². The van der Waals surface area contributed by atoms with Gasteiger partial charge in [-0.2, -0.15) is 5.10 Å². The maximum absolute atomic E-state index is 11.5. The fourth-order valence-corrected chi connectivity index (χ4v) is 1.87. The van der Waals surface area contributed by atoms with Gasteiger partial charge in [-0.3, -0.25) is 4.79 Å². The molecule has 1 unspecified atom stereocenters. The standard InChI is InChI=1S/C10H17N5O/c16-10(6-15-8-12-7-14-15)13-5-9-2-1-3-11-4-9/h7-9,11H,1-6H2,(H,13,16). The molecule has 6 nitrogen and oxygen atoms in total. The van der Waals surface area contributed by atoms with E-state index in [1.807, 2.05) is 0 Å². The Morgan fingerprint density at radius 3 is 3.25 bits per heavy atom. The molecule has 0 bridgehead atoms. The van der Waals surface area contributed by atoms with Crippen LogP contribution in [0.2, 0.25) is 0 Å². The van der Waals surface area contributed by atoms with Crippen molar-refractivity contribution in [3.63, 3.8) is 0 Å². The molecule has 1 fully saturated rings. The summed E-state index contributed by atoms with van der Waals surface area (Å²) in [5.74, 6) is 0.560. The van der Waals surface area contributed by atoms with Gasteiger partial charge in [-0.15, -0.1) is 0 Å². The molecule has 0 spiro atoms. The first kappa shape index (κ1) is 11.1. The highest BCUT2D eigenvalue weighted by atomic mass is 16.2. The van der Waals surface area contributed by atoms with Crippen LogP contribution < -0.4 is 10.6 Å². The molecule has 1 saturated heterocycles. The Morgan fingerprint density at radius 1 is 1.62 bits per heavy atom. The third-order valence-electron chi connectivity index (χ3n) is 2.76. The second-order valence-electron chi connectivity index (χ2n) is 4.11.